The van der Waals surface area contributed by atoms with Crippen molar-refractivity contribution in [3.63, 3.8) is 0 Å². The van der Waals surface area contributed by atoms with Gasteiger partial charge < -0.3 is 15.4 Å². The van der Waals surface area contributed by atoms with Crippen LogP contribution in [0.4, 0.5) is 18.9 Å². The second-order valence-corrected chi connectivity index (χ2v) is 4.01. The average molecular weight is 248 g/mol. The number of nitrogens with zero attached hydrogens (tertiary/aromatic N) is 1. The lowest BCUT2D eigenvalue weighted by molar-refractivity contribution is -0.153. The largest absolute Gasteiger partial charge is 0.484 e. The van der Waals surface area contributed by atoms with Crippen LogP contribution in [0.5, 0.6) is 5.75 Å². The molecule has 0 atom stereocenters. The van der Waals surface area contributed by atoms with E-state index >= 15 is 0 Å². The molecule has 0 fully saturated rings. The number of nitrogen functional groups attached to an aromatic ring is 1. The quantitative estimate of drug-likeness (QED) is 0.831. The minimum Gasteiger partial charge on any atom is -0.484 e. The number of anilines is 1. The second-order valence-electron chi connectivity index (χ2n) is 4.01. The maximum Gasteiger partial charge on any atom is 0.422 e. The highest BCUT2D eigenvalue weighted by Gasteiger charge is 2.28. The molecule has 17 heavy (non-hydrogen) atoms. The van der Waals surface area contributed by atoms with E-state index in [-0.39, 0.29) is 5.75 Å². The van der Waals surface area contributed by atoms with E-state index < -0.39 is 12.8 Å². The molecular weight excluding hydrogens is 233 g/mol. The summed E-state index contributed by atoms with van der Waals surface area (Å²) in [5.41, 5.74) is 6.73. The van der Waals surface area contributed by atoms with E-state index in [1.165, 1.54) is 12.1 Å². The van der Waals surface area contributed by atoms with Crippen LogP contribution >= 0.6 is 0 Å². The molecule has 0 saturated heterocycles. The molecule has 1 aromatic carbocycles. The normalized spacial score (nSPS) is 11.9. The van der Waals surface area contributed by atoms with E-state index in [0.717, 1.165) is 0 Å². The van der Waals surface area contributed by atoms with Crippen LogP contribution in [0.2, 0.25) is 0 Å². The van der Waals surface area contributed by atoms with Gasteiger partial charge >= 0.3 is 6.18 Å². The van der Waals surface area contributed by atoms with Crippen molar-refractivity contribution >= 4 is 5.69 Å². The van der Waals surface area contributed by atoms with Gasteiger partial charge in [0.25, 0.3) is 0 Å². The lowest BCUT2D eigenvalue weighted by Crippen LogP contribution is -2.20. The van der Waals surface area contributed by atoms with Crippen molar-refractivity contribution in [2.75, 3.05) is 26.4 Å². The Balaban J connectivity index is 2.82. The molecule has 0 radical (unpaired) electrons. The van der Waals surface area contributed by atoms with Crippen molar-refractivity contribution in [3.8, 4) is 5.75 Å². The van der Waals surface area contributed by atoms with Crippen molar-refractivity contribution in [1.29, 1.82) is 0 Å². The number of benzene rings is 1. The van der Waals surface area contributed by atoms with Crippen LogP contribution in [-0.4, -0.2) is 31.8 Å². The van der Waals surface area contributed by atoms with E-state index in [9.17, 15) is 13.2 Å². The van der Waals surface area contributed by atoms with Gasteiger partial charge in [-0.05, 0) is 32.3 Å². The van der Waals surface area contributed by atoms with Crippen LogP contribution < -0.4 is 10.5 Å². The van der Waals surface area contributed by atoms with E-state index in [0.29, 0.717) is 17.8 Å². The van der Waals surface area contributed by atoms with E-state index in [2.05, 4.69) is 0 Å². The zero-order chi connectivity index (χ0) is 13.1. The Morgan fingerprint density at radius 2 is 1.94 bits per heavy atom. The summed E-state index contributed by atoms with van der Waals surface area (Å²) in [6, 6.07) is 4.59. The van der Waals surface area contributed by atoms with Gasteiger partial charge in [-0.3, -0.25) is 0 Å². The third-order valence-electron chi connectivity index (χ3n) is 1.96. The van der Waals surface area contributed by atoms with E-state index in [1.807, 2.05) is 19.0 Å². The van der Waals surface area contributed by atoms with Gasteiger partial charge in [-0.25, -0.2) is 0 Å². The van der Waals surface area contributed by atoms with Gasteiger partial charge in [0.2, 0.25) is 0 Å². The monoisotopic (exact) mass is 248 g/mol. The van der Waals surface area contributed by atoms with Gasteiger partial charge in [0.05, 0.1) is 0 Å². The van der Waals surface area contributed by atoms with E-state index in [1.54, 1.807) is 6.07 Å². The molecular formula is C11H15F3N2O. The van der Waals surface area contributed by atoms with Crippen LogP contribution in [-0.2, 0) is 6.54 Å². The number of ether oxygens (including phenoxy) is 1. The van der Waals surface area contributed by atoms with Gasteiger partial charge in [0.1, 0.15) is 5.75 Å². The number of nitrogens with two attached hydrogens (primary N) is 1. The van der Waals surface area contributed by atoms with Crippen molar-refractivity contribution in [2.45, 2.75) is 12.7 Å². The zero-order valence-electron chi connectivity index (χ0n) is 9.71. The SMILES string of the molecule is CN(C)Cc1cc(N)ccc1OCC(F)(F)F. The summed E-state index contributed by atoms with van der Waals surface area (Å²) in [6.45, 7) is -0.824. The molecule has 1 rings (SSSR count). The maximum absolute atomic E-state index is 12.1. The first-order valence-electron chi connectivity index (χ1n) is 5.00. The van der Waals surface area contributed by atoms with Crippen LogP contribution in [0, 0.1) is 0 Å². The molecule has 0 aromatic heterocycles. The Kier molecular flexibility index (Phi) is 4.22. The first-order valence-corrected chi connectivity index (χ1v) is 5.00. The van der Waals surface area contributed by atoms with Crippen LogP contribution in [0.1, 0.15) is 5.56 Å². The van der Waals surface area contributed by atoms with Crippen molar-refractivity contribution in [1.82, 2.24) is 4.90 Å². The highest BCUT2D eigenvalue weighted by atomic mass is 19.4. The number of hydrogen-bond acceptors (Lipinski definition) is 3. The number of halogens is 3. The summed E-state index contributed by atoms with van der Waals surface area (Å²) < 4.78 is 40.9. The van der Waals surface area contributed by atoms with Crippen LogP contribution in [0.25, 0.3) is 0 Å². The summed E-state index contributed by atoms with van der Waals surface area (Å²) in [6.07, 6.45) is -4.34. The van der Waals surface area contributed by atoms with Crippen molar-refractivity contribution in [2.24, 2.45) is 0 Å². The molecule has 0 spiro atoms. The summed E-state index contributed by atoms with van der Waals surface area (Å²) in [5, 5.41) is 0. The molecule has 0 aliphatic heterocycles. The summed E-state index contributed by atoms with van der Waals surface area (Å²) >= 11 is 0. The summed E-state index contributed by atoms with van der Waals surface area (Å²) in [7, 11) is 3.63. The molecule has 0 bridgehead atoms. The van der Waals surface area contributed by atoms with Crippen LogP contribution in [0.3, 0.4) is 0 Å². The molecule has 0 saturated carbocycles. The van der Waals surface area contributed by atoms with Gasteiger partial charge in [-0.15, -0.1) is 0 Å². The highest BCUT2D eigenvalue weighted by molar-refractivity contribution is 5.47. The fraction of sp³-hybridized carbons (Fsp3) is 0.455. The smallest absolute Gasteiger partial charge is 0.422 e. The second kappa shape index (κ2) is 5.27. The highest BCUT2D eigenvalue weighted by Crippen LogP contribution is 2.25. The van der Waals surface area contributed by atoms with Gasteiger partial charge in [0, 0.05) is 17.8 Å². The Labute approximate surface area is 98.0 Å². The molecule has 0 heterocycles. The molecule has 96 valence electrons. The molecule has 1 aromatic rings. The fourth-order valence-electron chi connectivity index (χ4n) is 1.36. The van der Waals surface area contributed by atoms with E-state index in [4.69, 9.17) is 10.5 Å². The number of alkyl halides is 3. The Morgan fingerprint density at radius 3 is 2.47 bits per heavy atom. The van der Waals surface area contributed by atoms with Gasteiger partial charge in [0.15, 0.2) is 6.61 Å². The third kappa shape index (κ3) is 4.95. The van der Waals surface area contributed by atoms with Crippen molar-refractivity contribution < 1.29 is 17.9 Å². The van der Waals surface area contributed by atoms with Crippen molar-refractivity contribution in [3.05, 3.63) is 23.8 Å². The fourth-order valence-corrected chi connectivity index (χ4v) is 1.36. The molecule has 0 unspecified atom stereocenters. The first-order chi connectivity index (χ1) is 7.78. The minimum atomic E-state index is -4.34. The Morgan fingerprint density at radius 1 is 1.29 bits per heavy atom. The average Bonchev–Trinajstić information content (AvgIpc) is 2.14. The lowest BCUT2D eigenvalue weighted by atomic mass is 10.1. The molecule has 0 amide bonds. The molecule has 2 N–H and O–H groups in total. The minimum absolute atomic E-state index is 0.213. The van der Waals surface area contributed by atoms with Gasteiger partial charge in [-0.1, -0.05) is 0 Å². The standard InChI is InChI=1S/C11H15F3N2O/c1-16(2)6-8-5-9(15)3-4-10(8)17-7-11(12,13)14/h3-5H,6-7,15H2,1-2H3. The summed E-state index contributed by atoms with van der Waals surface area (Å²) in [5.74, 6) is 0.213. The molecule has 0 aliphatic carbocycles. The molecule has 6 heteroatoms. The first kappa shape index (κ1) is 13.6. The number of hydrogen-bond donors (Lipinski definition) is 1. The van der Waals surface area contributed by atoms with Crippen LogP contribution in [0.15, 0.2) is 18.2 Å². The predicted octanol–water partition coefficient (Wildman–Crippen LogP) is 2.27. The topological polar surface area (TPSA) is 38.5 Å². The Bertz CT molecular complexity index is 377. The zero-order valence-corrected chi connectivity index (χ0v) is 9.71. The molecule has 3 nitrogen and oxygen atoms in total. The third-order valence-corrected chi connectivity index (χ3v) is 1.96. The Hall–Kier alpha value is -1.43. The summed E-state index contributed by atoms with van der Waals surface area (Å²) in [4.78, 5) is 1.83. The lowest BCUT2D eigenvalue weighted by Gasteiger charge is -2.16. The maximum atomic E-state index is 12.1. The number of rotatable bonds is 4. The predicted molar refractivity (Wildman–Crippen MR) is 59.8 cm³/mol. The molecule has 0 aliphatic rings. The van der Waals surface area contributed by atoms with Gasteiger partial charge in [-0.2, -0.15) is 13.2 Å².